The van der Waals surface area contributed by atoms with Gasteiger partial charge in [0.15, 0.2) is 6.61 Å². The molecule has 1 fully saturated rings. The molecule has 1 N–H and O–H groups in total. The number of aliphatic hydroxyl groups is 1. The summed E-state index contributed by atoms with van der Waals surface area (Å²) < 4.78 is 10.2. The summed E-state index contributed by atoms with van der Waals surface area (Å²) in [5.74, 6) is 0.855. The third-order valence-electron chi connectivity index (χ3n) is 3.36. The van der Waals surface area contributed by atoms with Gasteiger partial charge >= 0.3 is 0 Å². The van der Waals surface area contributed by atoms with Gasteiger partial charge < -0.3 is 19.3 Å². The number of ether oxygens (including phenoxy) is 1. The molecule has 0 spiro atoms. The van der Waals surface area contributed by atoms with Gasteiger partial charge in [-0.3, -0.25) is 4.79 Å². The van der Waals surface area contributed by atoms with Crippen LogP contribution in [-0.4, -0.2) is 46.9 Å². The highest BCUT2D eigenvalue weighted by Gasteiger charge is 2.25. The molecule has 0 radical (unpaired) electrons. The maximum absolute atomic E-state index is 12.1. The van der Waals surface area contributed by atoms with Crippen LogP contribution in [0.15, 0.2) is 10.6 Å². The van der Waals surface area contributed by atoms with Crippen molar-refractivity contribution in [2.75, 3.05) is 19.8 Å². The molecule has 1 aliphatic heterocycles. The van der Waals surface area contributed by atoms with Gasteiger partial charge in [-0.05, 0) is 24.9 Å². The highest BCUT2D eigenvalue weighted by molar-refractivity contribution is 5.78. The monoisotopic (exact) mass is 268 g/mol. The van der Waals surface area contributed by atoms with E-state index in [-0.39, 0.29) is 25.2 Å². The van der Waals surface area contributed by atoms with E-state index in [9.17, 15) is 9.90 Å². The average molecular weight is 268 g/mol. The van der Waals surface area contributed by atoms with E-state index in [1.165, 1.54) is 0 Å². The molecular weight excluding hydrogens is 248 g/mol. The molecule has 0 saturated carbocycles. The van der Waals surface area contributed by atoms with Gasteiger partial charge in [-0.15, -0.1) is 0 Å². The molecule has 1 aromatic heterocycles. The van der Waals surface area contributed by atoms with Gasteiger partial charge in [0.05, 0.1) is 12.6 Å². The third-order valence-corrected chi connectivity index (χ3v) is 3.36. The summed E-state index contributed by atoms with van der Waals surface area (Å²) in [4.78, 5) is 13.9. The predicted octanol–water partition coefficient (Wildman–Crippen LogP) is 1.13. The third kappa shape index (κ3) is 3.70. The number of aryl methyl sites for hydroxylation is 1. The molecule has 1 saturated heterocycles. The predicted molar refractivity (Wildman–Crippen MR) is 67.8 cm³/mol. The van der Waals surface area contributed by atoms with Gasteiger partial charge in [-0.2, -0.15) is 0 Å². The molecule has 106 valence electrons. The van der Waals surface area contributed by atoms with E-state index in [2.05, 4.69) is 5.16 Å². The largest absolute Gasteiger partial charge is 0.465 e. The van der Waals surface area contributed by atoms with Gasteiger partial charge in [-0.25, -0.2) is 0 Å². The number of likely N-dealkylation sites (tertiary alicyclic amines) is 1. The quantitative estimate of drug-likeness (QED) is 0.885. The second kappa shape index (κ2) is 6.56. The van der Waals surface area contributed by atoms with Crippen molar-refractivity contribution < 1.29 is 19.2 Å². The first-order valence-electron chi connectivity index (χ1n) is 6.67. The van der Waals surface area contributed by atoms with Crippen LogP contribution in [0, 0.1) is 6.92 Å². The summed E-state index contributed by atoms with van der Waals surface area (Å²) in [6.07, 6.45) is 3.98. The van der Waals surface area contributed by atoms with Crippen molar-refractivity contribution in [1.82, 2.24) is 10.1 Å². The normalized spacial score (nSPS) is 20.1. The second-order valence-corrected chi connectivity index (χ2v) is 4.84. The molecule has 0 aromatic carbocycles. The number of aliphatic hydroxyl groups excluding tert-OH is 1. The zero-order valence-electron chi connectivity index (χ0n) is 11.2. The van der Waals surface area contributed by atoms with E-state index < -0.39 is 0 Å². The van der Waals surface area contributed by atoms with Crippen molar-refractivity contribution >= 4 is 5.91 Å². The number of nitrogens with zero attached hydrogens (tertiary/aromatic N) is 2. The van der Waals surface area contributed by atoms with Crippen LogP contribution in [0.1, 0.15) is 31.4 Å². The molecule has 2 heterocycles. The summed E-state index contributed by atoms with van der Waals surface area (Å²) in [5.41, 5.74) is 0. The van der Waals surface area contributed by atoms with Crippen LogP contribution >= 0.6 is 0 Å². The first kappa shape index (κ1) is 13.9. The highest BCUT2D eigenvalue weighted by Crippen LogP contribution is 2.17. The van der Waals surface area contributed by atoms with E-state index in [4.69, 9.17) is 9.26 Å². The number of amides is 1. The first-order chi connectivity index (χ1) is 9.20. The number of carbonyl (C=O) groups excluding carboxylic acids is 1. The molecule has 6 heteroatoms. The molecule has 0 aliphatic carbocycles. The summed E-state index contributed by atoms with van der Waals surface area (Å²) in [5, 5.41) is 13.0. The molecule has 1 aliphatic rings. The lowest BCUT2D eigenvalue weighted by atomic mass is 10.1. The fraction of sp³-hybridized carbons (Fsp3) is 0.692. The number of hydrogen-bond acceptors (Lipinski definition) is 5. The standard InChI is InChI=1S/C13H20N2O4/c1-10-7-12(14-19-10)18-9-13(17)15-6-4-2-3-5-11(15)8-16/h7,11,16H,2-6,8-9H2,1H3. The van der Waals surface area contributed by atoms with Gasteiger partial charge in [0, 0.05) is 12.6 Å². The lowest BCUT2D eigenvalue weighted by Gasteiger charge is -2.28. The minimum Gasteiger partial charge on any atom is -0.465 e. The Balaban J connectivity index is 1.89. The molecule has 19 heavy (non-hydrogen) atoms. The minimum absolute atomic E-state index is 0.00874. The highest BCUT2D eigenvalue weighted by atomic mass is 16.5. The topological polar surface area (TPSA) is 75.8 Å². The molecule has 1 aromatic rings. The lowest BCUT2D eigenvalue weighted by molar-refractivity contribution is -0.136. The summed E-state index contributed by atoms with van der Waals surface area (Å²) in [7, 11) is 0. The van der Waals surface area contributed by atoms with Crippen molar-refractivity contribution in [2.45, 2.75) is 38.6 Å². The van der Waals surface area contributed by atoms with Crippen molar-refractivity contribution in [1.29, 1.82) is 0 Å². The molecule has 1 unspecified atom stereocenters. The van der Waals surface area contributed by atoms with Crippen LogP contribution in [0.5, 0.6) is 5.88 Å². The Hall–Kier alpha value is -1.56. The van der Waals surface area contributed by atoms with E-state index in [1.54, 1.807) is 17.9 Å². The summed E-state index contributed by atoms with van der Waals surface area (Å²) in [6.45, 7) is 2.39. The Morgan fingerprint density at radius 3 is 3.11 bits per heavy atom. The lowest BCUT2D eigenvalue weighted by Crippen LogP contribution is -2.44. The molecule has 1 amide bonds. The Bertz CT molecular complexity index is 419. The maximum atomic E-state index is 12.1. The SMILES string of the molecule is Cc1cc(OCC(=O)N2CCCCCC2CO)no1. The van der Waals surface area contributed by atoms with Crippen molar-refractivity contribution in [2.24, 2.45) is 0 Å². The number of carbonyl (C=O) groups is 1. The van der Waals surface area contributed by atoms with Crippen LogP contribution < -0.4 is 4.74 Å². The second-order valence-electron chi connectivity index (χ2n) is 4.84. The fourth-order valence-electron chi connectivity index (χ4n) is 2.33. The average Bonchev–Trinajstić information content (AvgIpc) is 2.69. The van der Waals surface area contributed by atoms with Crippen molar-refractivity contribution in [3.05, 3.63) is 11.8 Å². The molecule has 1 atom stereocenters. The number of rotatable bonds is 4. The molecule has 0 bridgehead atoms. The fourth-order valence-corrected chi connectivity index (χ4v) is 2.33. The Kier molecular flexibility index (Phi) is 4.79. The van der Waals surface area contributed by atoms with Crippen molar-refractivity contribution in [3.63, 3.8) is 0 Å². The smallest absolute Gasteiger partial charge is 0.260 e. The number of hydrogen-bond donors (Lipinski definition) is 1. The van der Waals surface area contributed by atoms with E-state index in [0.29, 0.717) is 18.2 Å². The van der Waals surface area contributed by atoms with Crippen LogP contribution in [0.2, 0.25) is 0 Å². The molecular formula is C13H20N2O4. The van der Waals surface area contributed by atoms with Crippen LogP contribution in [0.4, 0.5) is 0 Å². The summed E-state index contributed by atoms with van der Waals surface area (Å²) in [6, 6.07) is 1.55. The number of aromatic nitrogens is 1. The van der Waals surface area contributed by atoms with Gasteiger partial charge in [-0.1, -0.05) is 12.8 Å². The summed E-state index contributed by atoms with van der Waals surface area (Å²) >= 11 is 0. The molecule has 6 nitrogen and oxygen atoms in total. The van der Waals surface area contributed by atoms with Crippen LogP contribution in [0.25, 0.3) is 0 Å². The Morgan fingerprint density at radius 1 is 1.58 bits per heavy atom. The van der Waals surface area contributed by atoms with Gasteiger partial charge in [0.1, 0.15) is 5.76 Å². The maximum Gasteiger partial charge on any atom is 0.260 e. The molecule has 2 rings (SSSR count). The Morgan fingerprint density at radius 2 is 2.42 bits per heavy atom. The first-order valence-corrected chi connectivity index (χ1v) is 6.67. The zero-order chi connectivity index (χ0) is 13.7. The minimum atomic E-state index is -0.110. The zero-order valence-corrected chi connectivity index (χ0v) is 11.2. The van der Waals surface area contributed by atoms with Gasteiger partial charge in [0.2, 0.25) is 0 Å². The Labute approximate surface area is 112 Å². The van der Waals surface area contributed by atoms with Crippen LogP contribution in [0.3, 0.4) is 0 Å². The van der Waals surface area contributed by atoms with Crippen LogP contribution in [-0.2, 0) is 4.79 Å². The van der Waals surface area contributed by atoms with Gasteiger partial charge in [0.25, 0.3) is 11.8 Å². The van der Waals surface area contributed by atoms with Crippen molar-refractivity contribution in [3.8, 4) is 5.88 Å². The van der Waals surface area contributed by atoms with E-state index in [1.807, 2.05) is 0 Å². The van der Waals surface area contributed by atoms with E-state index >= 15 is 0 Å². The van der Waals surface area contributed by atoms with E-state index in [0.717, 1.165) is 25.7 Å².